The number of benzene rings is 1. The molecule has 0 spiro atoms. The van der Waals surface area contributed by atoms with Crippen LogP contribution in [0.3, 0.4) is 0 Å². The molecule has 1 N–H and O–H groups in total. The second-order valence-corrected chi connectivity index (χ2v) is 4.97. The Morgan fingerprint density at radius 2 is 2.05 bits per heavy atom. The fourth-order valence-electron chi connectivity index (χ4n) is 2.10. The van der Waals surface area contributed by atoms with Gasteiger partial charge in [0.15, 0.2) is 0 Å². The maximum atomic E-state index is 13.7. The van der Waals surface area contributed by atoms with Crippen molar-refractivity contribution in [3.05, 3.63) is 48.0 Å². The van der Waals surface area contributed by atoms with Crippen molar-refractivity contribution in [2.45, 2.75) is 26.7 Å². The third-order valence-corrected chi connectivity index (χ3v) is 2.97. The van der Waals surface area contributed by atoms with E-state index in [1.165, 1.54) is 13.0 Å². The summed E-state index contributed by atoms with van der Waals surface area (Å²) >= 11 is 0. The van der Waals surface area contributed by atoms with Crippen LogP contribution in [0.1, 0.15) is 32.4 Å². The first kappa shape index (κ1) is 14.2. The van der Waals surface area contributed by atoms with Gasteiger partial charge in [-0.3, -0.25) is 9.78 Å². The zero-order valence-corrected chi connectivity index (χ0v) is 11.8. The van der Waals surface area contributed by atoms with Gasteiger partial charge in [0.2, 0.25) is 5.91 Å². The minimum atomic E-state index is -0.445. The van der Waals surface area contributed by atoms with E-state index in [1.54, 1.807) is 18.3 Å². The van der Waals surface area contributed by atoms with Crippen LogP contribution in [0.25, 0.3) is 11.1 Å². The Labute approximate surface area is 117 Å². The van der Waals surface area contributed by atoms with E-state index in [2.05, 4.69) is 24.1 Å². The summed E-state index contributed by atoms with van der Waals surface area (Å²) in [5.41, 5.74) is 2.93. The summed E-state index contributed by atoms with van der Waals surface area (Å²) in [5, 5.41) is 2.50. The predicted octanol–water partition coefficient (Wildman–Crippen LogP) is 3.97. The van der Waals surface area contributed by atoms with E-state index < -0.39 is 5.82 Å². The zero-order chi connectivity index (χ0) is 14.7. The largest absolute Gasteiger partial charge is 0.324 e. The first-order chi connectivity index (χ1) is 9.49. The normalized spacial score (nSPS) is 10.7. The van der Waals surface area contributed by atoms with Gasteiger partial charge in [-0.05, 0) is 29.7 Å². The second kappa shape index (κ2) is 5.82. The van der Waals surface area contributed by atoms with E-state index in [-0.39, 0.29) is 17.5 Å². The van der Waals surface area contributed by atoms with Crippen LogP contribution in [0.5, 0.6) is 0 Å². The van der Waals surface area contributed by atoms with Crippen LogP contribution in [0.15, 0.2) is 36.5 Å². The van der Waals surface area contributed by atoms with Gasteiger partial charge in [-0.1, -0.05) is 26.0 Å². The van der Waals surface area contributed by atoms with Gasteiger partial charge in [0, 0.05) is 18.7 Å². The highest BCUT2D eigenvalue weighted by Crippen LogP contribution is 2.30. The van der Waals surface area contributed by atoms with Crippen LogP contribution in [0.2, 0.25) is 0 Å². The van der Waals surface area contributed by atoms with Crippen molar-refractivity contribution < 1.29 is 9.18 Å². The number of nitrogens with zero attached hydrogens (tertiary/aromatic N) is 1. The molecule has 1 aromatic heterocycles. The molecule has 1 heterocycles. The van der Waals surface area contributed by atoms with Gasteiger partial charge >= 0.3 is 0 Å². The first-order valence-electron chi connectivity index (χ1n) is 6.51. The quantitative estimate of drug-likeness (QED) is 0.918. The number of anilines is 1. The van der Waals surface area contributed by atoms with E-state index in [4.69, 9.17) is 0 Å². The number of rotatable bonds is 3. The van der Waals surface area contributed by atoms with Crippen molar-refractivity contribution in [2.24, 2.45) is 0 Å². The van der Waals surface area contributed by atoms with Gasteiger partial charge in [0.1, 0.15) is 5.82 Å². The van der Waals surface area contributed by atoms with E-state index in [0.717, 1.165) is 16.8 Å². The SMILES string of the molecule is CC(=O)Nc1cc(-c2cccnc2C(C)C)ccc1F. The van der Waals surface area contributed by atoms with E-state index in [1.807, 2.05) is 12.1 Å². The number of hydrogen-bond acceptors (Lipinski definition) is 2. The average Bonchev–Trinajstić information content (AvgIpc) is 2.40. The summed E-state index contributed by atoms with van der Waals surface area (Å²) < 4.78 is 13.7. The fraction of sp³-hybridized carbons (Fsp3) is 0.250. The Hall–Kier alpha value is -2.23. The van der Waals surface area contributed by atoms with Crippen LogP contribution in [-0.2, 0) is 4.79 Å². The molecule has 1 aromatic carbocycles. The van der Waals surface area contributed by atoms with E-state index in [9.17, 15) is 9.18 Å². The zero-order valence-electron chi connectivity index (χ0n) is 11.8. The molecule has 0 aliphatic heterocycles. The number of carbonyl (C=O) groups excluding carboxylic acids is 1. The van der Waals surface area contributed by atoms with E-state index in [0.29, 0.717) is 0 Å². The third kappa shape index (κ3) is 3.02. The lowest BCUT2D eigenvalue weighted by molar-refractivity contribution is -0.114. The van der Waals surface area contributed by atoms with Crippen LogP contribution in [-0.4, -0.2) is 10.9 Å². The molecule has 3 nitrogen and oxygen atoms in total. The van der Waals surface area contributed by atoms with Gasteiger partial charge in [-0.25, -0.2) is 4.39 Å². The van der Waals surface area contributed by atoms with Crippen molar-refractivity contribution >= 4 is 11.6 Å². The molecule has 0 fully saturated rings. The summed E-state index contributed by atoms with van der Waals surface area (Å²) in [6, 6.07) is 8.50. The smallest absolute Gasteiger partial charge is 0.221 e. The van der Waals surface area contributed by atoms with Crippen molar-refractivity contribution in [1.82, 2.24) is 4.98 Å². The highest BCUT2D eigenvalue weighted by Gasteiger charge is 2.12. The molecular weight excluding hydrogens is 255 g/mol. The van der Waals surface area contributed by atoms with Crippen molar-refractivity contribution in [2.75, 3.05) is 5.32 Å². The van der Waals surface area contributed by atoms with Gasteiger partial charge in [0.05, 0.1) is 11.4 Å². The molecule has 0 radical (unpaired) electrons. The van der Waals surface area contributed by atoms with Gasteiger partial charge in [-0.15, -0.1) is 0 Å². The summed E-state index contributed by atoms with van der Waals surface area (Å²) in [6.07, 6.45) is 1.75. The van der Waals surface area contributed by atoms with Crippen LogP contribution < -0.4 is 5.32 Å². The summed E-state index contributed by atoms with van der Waals surface area (Å²) in [7, 11) is 0. The molecule has 1 amide bonds. The minimum Gasteiger partial charge on any atom is -0.324 e. The summed E-state index contributed by atoms with van der Waals surface area (Å²) in [4.78, 5) is 15.5. The van der Waals surface area contributed by atoms with Crippen LogP contribution >= 0.6 is 0 Å². The minimum absolute atomic E-state index is 0.188. The van der Waals surface area contributed by atoms with Crippen LogP contribution in [0, 0.1) is 5.82 Å². The maximum Gasteiger partial charge on any atom is 0.221 e. The standard InChI is InChI=1S/C16H17FN2O/c1-10(2)16-13(5-4-8-18-16)12-6-7-14(17)15(9-12)19-11(3)20/h4-10H,1-3H3,(H,19,20). The number of aromatic nitrogens is 1. The summed E-state index contributed by atoms with van der Waals surface area (Å²) in [5.74, 6) is -0.476. The lowest BCUT2D eigenvalue weighted by Gasteiger charge is -2.13. The molecule has 2 aromatic rings. The number of nitrogens with one attached hydrogen (secondary N) is 1. The van der Waals surface area contributed by atoms with Crippen LogP contribution in [0.4, 0.5) is 10.1 Å². The molecule has 0 aliphatic carbocycles. The molecule has 0 saturated heterocycles. The Balaban J connectivity index is 2.51. The van der Waals surface area contributed by atoms with Gasteiger partial charge < -0.3 is 5.32 Å². The molecule has 2 rings (SSSR count). The Kier molecular flexibility index (Phi) is 4.13. The number of amides is 1. The molecule has 0 unspecified atom stereocenters. The first-order valence-corrected chi connectivity index (χ1v) is 6.51. The van der Waals surface area contributed by atoms with E-state index >= 15 is 0 Å². The molecule has 104 valence electrons. The summed E-state index contributed by atoms with van der Waals surface area (Å²) in [6.45, 7) is 5.48. The maximum absolute atomic E-state index is 13.7. The molecule has 0 aliphatic rings. The lowest BCUT2D eigenvalue weighted by atomic mass is 9.97. The highest BCUT2D eigenvalue weighted by molar-refractivity contribution is 5.89. The Morgan fingerprint density at radius 3 is 2.70 bits per heavy atom. The van der Waals surface area contributed by atoms with Crippen molar-refractivity contribution in [3.63, 3.8) is 0 Å². The van der Waals surface area contributed by atoms with Gasteiger partial charge in [0.25, 0.3) is 0 Å². The monoisotopic (exact) mass is 272 g/mol. The number of hydrogen-bond donors (Lipinski definition) is 1. The molecule has 0 atom stereocenters. The topological polar surface area (TPSA) is 42.0 Å². The van der Waals surface area contributed by atoms with Crippen molar-refractivity contribution in [3.8, 4) is 11.1 Å². The number of halogens is 1. The molecule has 0 saturated carbocycles. The second-order valence-electron chi connectivity index (χ2n) is 4.97. The number of carbonyl (C=O) groups is 1. The third-order valence-electron chi connectivity index (χ3n) is 2.97. The molecule has 20 heavy (non-hydrogen) atoms. The predicted molar refractivity (Wildman–Crippen MR) is 78.0 cm³/mol. The lowest BCUT2D eigenvalue weighted by Crippen LogP contribution is -2.07. The fourth-order valence-corrected chi connectivity index (χ4v) is 2.10. The van der Waals surface area contributed by atoms with Crippen molar-refractivity contribution in [1.29, 1.82) is 0 Å². The van der Waals surface area contributed by atoms with Gasteiger partial charge in [-0.2, -0.15) is 0 Å². The number of pyridine rings is 1. The Bertz CT molecular complexity index is 638. The molecular formula is C16H17FN2O. The average molecular weight is 272 g/mol. The Morgan fingerprint density at radius 1 is 1.30 bits per heavy atom. The highest BCUT2D eigenvalue weighted by atomic mass is 19.1. The molecule has 4 heteroatoms. The molecule has 0 bridgehead atoms.